The summed E-state index contributed by atoms with van der Waals surface area (Å²) >= 11 is 4.42. The maximum Gasteiger partial charge on any atom is 0.257 e. The lowest BCUT2D eigenvalue weighted by Crippen LogP contribution is -2.13. The lowest BCUT2D eigenvalue weighted by Gasteiger charge is -2.15. The number of nitrogens with zero attached hydrogens (tertiary/aromatic N) is 1. The Labute approximate surface area is 84.4 Å². The van der Waals surface area contributed by atoms with E-state index >= 15 is 0 Å². The molecule has 0 aliphatic heterocycles. The summed E-state index contributed by atoms with van der Waals surface area (Å²) in [7, 11) is 0. The van der Waals surface area contributed by atoms with Gasteiger partial charge in [0.05, 0.1) is 5.16 Å². The first-order valence-corrected chi connectivity index (χ1v) is 5.37. The van der Waals surface area contributed by atoms with Gasteiger partial charge in [-0.15, -0.1) is 0 Å². The molecule has 3 heteroatoms. The molecule has 1 amide bonds. The van der Waals surface area contributed by atoms with Crippen molar-refractivity contribution in [2.24, 2.45) is 10.9 Å². The molecule has 0 N–H and O–H groups in total. The first kappa shape index (κ1) is 10.6. The average molecular weight is 197 g/mol. The number of carbonyl (C=O) groups is 1. The molecule has 0 aromatic heterocycles. The molecule has 0 aromatic rings. The van der Waals surface area contributed by atoms with Crippen LogP contribution in [0.1, 0.15) is 44.9 Å². The van der Waals surface area contributed by atoms with E-state index in [1.54, 1.807) is 0 Å². The van der Waals surface area contributed by atoms with Crippen LogP contribution >= 0.6 is 12.2 Å². The molecule has 72 valence electrons. The second kappa shape index (κ2) is 6.01. The van der Waals surface area contributed by atoms with Crippen LogP contribution in [0.25, 0.3) is 0 Å². The van der Waals surface area contributed by atoms with Gasteiger partial charge in [-0.2, -0.15) is 4.99 Å². The molecule has 1 aliphatic carbocycles. The van der Waals surface area contributed by atoms with Crippen LogP contribution in [-0.4, -0.2) is 11.1 Å². The van der Waals surface area contributed by atoms with Gasteiger partial charge in [-0.1, -0.05) is 32.1 Å². The summed E-state index contributed by atoms with van der Waals surface area (Å²) in [4.78, 5) is 14.9. The van der Waals surface area contributed by atoms with Gasteiger partial charge in [0.2, 0.25) is 0 Å². The summed E-state index contributed by atoms with van der Waals surface area (Å²) in [5, 5.41) is 2.16. The minimum atomic E-state index is -0.0584. The van der Waals surface area contributed by atoms with E-state index in [-0.39, 0.29) is 11.8 Å². The van der Waals surface area contributed by atoms with Crippen LogP contribution in [0.15, 0.2) is 4.99 Å². The van der Waals surface area contributed by atoms with Gasteiger partial charge >= 0.3 is 0 Å². The summed E-state index contributed by atoms with van der Waals surface area (Å²) in [5.41, 5.74) is 0. The van der Waals surface area contributed by atoms with Crippen LogP contribution in [0, 0.1) is 5.92 Å². The molecule has 0 aromatic carbocycles. The lowest BCUT2D eigenvalue weighted by atomic mass is 9.91. The lowest BCUT2D eigenvalue weighted by molar-refractivity contribution is -0.122. The first-order valence-electron chi connectivity index (χ1n) is 4.96. The molecule has 2 nitrogen and oxygen atoms in total. The molecule has 0 atom stereocenters. The molecule has 0 spiro atoms. The predicted octanol–water partition coefficient (Wildman–Crippen LogP) is 2.98. The Morgan fingerprint density at radius 2 is 1.69 bits per heavy atom. The van der Waals surface area contributed by atoms with Crippen LogP contribution in [0.3, 0.4) is 0 Å². The average Bonchev–Trinajstić information content (AvgIpc) is 2.03. The van der Waals surface area contributed by atoms with Gasteiger partial charge < -0.3 is 0 Å². The summed E-state index contributed by atoms with van der Waals surface area (Å²) in [6.07, 6.45) is 8.11. The van der Waals surface area contributed by atoms with Gasteiger partial charge in [0.15, 0.2) is 0 Å². The fourth-order valence-electron chi connectivity index (χ4n) is 1.84. The van der Waals surface area contributed by atoms with Crippen LogP contribution in [0.4, 0.5) is 0 Å². The van der Waals surface area contributed by atoms with E-state index in [1.165, 1.54) is 19.3 Å². The molecule has 0 bridgehead atoms. The van der Waals surface area contributed by atoms with E-state index in [9.17, 15) is 4.79 Å². The smallest absolute Gasteiger partial charge is 0.257 e. The zero-order chi connectivity index (χ0) is 9.52. The largest absolute Gasteiger partial charge is 0.272 e. The second-order valence-electron chi connectivity index (χ2n) is 3.58. The number of hydrogen-bond donors (Lipinski definition) is 0. The van der Waals surface area contributed by atoms with E-state index in [4.69, 9.17) is 0 Å². The number of thiocarbonyl (C=S) groups is 1. The molecule has 1 saturated carbocycles. The van der Waals surface area contributed by atoms with E-state index in [0.29, 0.717) is 0 Å². The summed E-state index contributed by atoms with van der Waals surface area (Å²) < 4.78 is 0. The Morgan fingerprint density at radius 1 is 1.15 bits per heavy atom. The zero-order valence-corrected chi connectivity index (χ0v) is 8.61. The van der Waals surface area contributed by atoms with E-state index in [0.717, 1.165) is 25.7 Å². The normalized spacial score (nSPS) is 19.7. The standard InChI is InChI=1S/C10H15NOS/c12-10(11-8-13)9-6-4-2-1-3-5-7-9/h9H,1-7H2. The molecule has 1 aliphatic rings. The summed E-state index contributed by atoms with van der Waals surface area (Å²) in [5.74, 6) is 0.0626. The molecule has 0 unspecified atom stereocenters. The highest BCUT2D eigenvalue weighted by molar-refractivity contribution is 7.78. The summed E-state index contributed by atoms with van der Waals surface area (Å²) in [6.45, 7) is 0. The van der Waals surface area contributed by atoms with Crippen molar-refractivity contribution in [3.05, 3.63) is 0 Å². The Hall–Kier alpha value is -0.530. The van der Waals surface area contributed by atoms with Gasteiger partial charge in [-0.25, -0.2) is 0 Å². The fraction of sp³-hybridized carbons (Fsp3) is 0.800. The monoisotopic (exact) mass is 197 g/mol. The van der Waals surface area contributed by atoms with Crippen molar-refractivity contribution in [3.8, 4) is 0 Å². The quantitative estimate of drug-likeness (QED) is 0.477. The number of rotatable bonds is 1. The number of carbonyl (C=O) groups excluding carboxylic acids is 1. The third kappa shape index (κ3) is 3.79. The van der Waals surface area contributed by atoms with E-state index < -0.39 is 0 Å². The van der Waals surface area contributed by atoms with Crippen molar-refractivity contribution in [2.75, 3.05) is 0 Å². The van der Waals surface area contributed by atoms with Crippen LogP contribution in [0.2, 0.25) is 0 Å². The third-order valence-corrected chi connectivity index (χ3v) is 2.70. The first-order chi connectivity index (χ1) is 6.34. The number of hydrogen-bond acceptors (Lipinski definition) is 2. The topological polar surface area (TPSA) is 29.4 Å². The minimum Gasteiger partial charge on any atom is -0.272 e. The van der Waals surface area contributed by atoms with Gasteiger partial charge in [0.1, 0.15) is 0 Å². The molecule has 1 fully saturated rings. The summed E-state index contributed by atoms with van der Waals surface area (Å²) in [6, 6.07) is 0. The Balaban J connectivity index is 2.45. The molecular weight excluding hydrogens is 182 g/mol. The molecule has 1 rings (SSSR count). The van der Waals surface area contributed by atoms with Crippen molar-refractivity contribution < 1.29 is 4.79 Å². The van der Waals surface area contributed by atoms with Crippen molar-refractivity contribution in [1.82, 2.24) is 0 Å². The number of amides is 1. The van der Waals surface area contributed by atoms with E-state index in [2.05, 4.69) is 22.4 Å². The highest BCUT2D eigenvalue weighted by Crippen LogP contribution is 2.22. The zero-order valence-electron chi connectivity index (χ0n) is 7.79. The van der Waals surface area contributed by atoms with Crippen LogP contribution in [0.5, 0.6) is 0 Å². The maximum atomic E-state index is 11.4. The Kier molecular flexibility index (Phi) is 4.87. The maximum absolute atomic E-state index is 11.4. The van der Waals surface area contributed by atoms with Crippen molar-refractivity contribution in [2.45, 2.75) is 44.9 Å². The van der Waals surface area contributed by atoms with Crippen molar-refractivity contribution in [3.63, 3.8) is 0 Å². The van der Waals surface area contributed by atoms with Crippen LogP contribution in [-0.2, 0) is 4.79 Å². The minimum absolute atomic E-state index is 0.0584. The Morgan fingerprint density at radius 3 is 2.23 bits per heavy atom. The molecule has 0 saturated heterocycles. The molecule has 13 heavy (non-hydrogen) atoms. The number of aliphatic imine (C=N–C) groups is 1. The Bertz CT molecular complexity index is 213. The SMILES string of the molecule is O=C(N=C=S)C1CCCCCCC1. The highest BCUT2D eigenvalue weighted by Gasteiger charge is 2.18. The van der Waals surface area contributed by atoms with Crippen molar-refractivity contribution >= 4 is 23.3 Å². The van der Waals surface area contributed by atoms with Gasteiger partial charge in [-0.05, 0) is 25.1 Å². The van der Waals surface area contributed by atoms with E-state index in [1.807, 2.05) is 0 Å². The third-order valence-electron chi connectivity index (χ3n) is 2.61. The molecule has 0 radical (unpaired) electrons. The predicted molar refractivity (Wildman–Crippen MR) is 55.8 cm³/mol. The van der Waals surface area contributed by atoms with Crippen molar-refractivity contribution in [1.29, 1.82) is 0 Å². The van der Waals surface area contributed by atoms with Gasteiger partial charge in [0.25, 0.3) is 5.91 Å². The second-order valence-corrected chi connectivity index (χ2v) is 3.77. The fourth-order valence-corrected chi connectivity index (χ4v) is 1.93. The molecular formula is C10H15NOS. The molecule has 0 heterocycles. The van der Waals surface area contributed by atoms with Gasteiger partial charge in [-0.3, -0.25) is 4.79 Å². The highest BCUT2D eigenvalue weighted by atomic mass is 32.1. The number of isothiocyanates is 1. The van der Waals surface area contributed by atoms with Gasteiger partial charge in [0, 0.05) is 5.92 Å². The van der Waals surface area contributed by atoms with Crippen LogP contribution < -0.4 is 0 Å².